The van der Waals surface area contributed by atoms with Crippen LogP contribution in [0, 0.1) is 23.7 Å². The smallest absolute Gasteiger partial charge is 0.227 e. The highest BCUT2D eigenvalue weighted by Gasteiger charge is 2.45. The fourth-order valence-electron chi connectivity index (χ4n) is 5.36. The van der Waals surface area contributed by atoms with Crippen LogP contribution in [0.4, 0.5) is 0 Å². The zero-order valence-electron chi connectivity index (χ0n) is 13.5. The summed E-state index contributed by atoms with van der Waals surface area (Å²) >= 11 is 0. The Morgan fingerprint density at radius 2 is 1.55 bits per heavy atom. The Balaban J connectivity index is 1.38. The van der Waals surface area contributed by atoms with Gasteiger partial charge >= 0.3 is 0 Å². The predicted octanol–water partition coefficient (Wildman–Crippen LogP) is 2.28. The lowest BCUT2D eigenvalue weighted by Gasteiger charge is -2.36. The van der Waals surface area contributed by atoms with Crippen molar-refractivity contribution in [3.8, 4) is 0 Å². The van der Waals surface area contributed by atoms with E-state index in [0.29, 0.717) is 24.3 Å². The number of amides is 2. The molecule has 2 saturated carbocycles. The molecule has 4 fully saturated rings. The first-order valence-electron chi connectivity index (χ1n) is 9.30. The first-order chi connectivity index (χ1) is 10.7. The molecule has 4 aliphatic rings. The molecule has 0 N–H and O–H groups in total. The second kappa shape index (κ2) is 5.86. The zero-order valence-corrected chi connectivity index (χ0v) is 13.5. The Bertz CT molecular complexity index is 458. The van der Waals surface area contributed by atoms with Gasteiger partial charge in [0.25, 0.3) is 0 Å². The van der Waals surface area contributed by atoms with Crippen molar-refractivity contribution in [3.63, 3.8) is 0 Å². The van der Waals surface area contributed by atoms with E-state index in [1.807, 2.05) is 9.80 Å². The Labute approximate surface area is 133 Å². The Morgan fingerprint density at radius 3 is 2.23 bits per heavy atom. The summed E-state index contributed by atoms with van der Waals surface area (Å²) in [7, 11) is 0. The Kier molecular flexibility index (Phi) is 3.87. The molecule has 2 amide bonds. The van der Waals surface area contributed by atoms with Gasteiger partial charge < -0.3 is 9.80 Å². The molecule has 4 heteroatoms. The summed E-state index contributed by atoms with van der Waals surface area (Å²) in [6, 6.07) is 0. The van der Waals surface area contributed by atoms with E-state index in [0.717, 1.165) is 57.7 Å². The van der Waals surface area contributed by atoms with E-state index in [-0.39, 0.29) is 11.8 Å². The van der Waals surface area contributed by atoms with E-state index in [4.69, 9.17) is 0 Å². The summed E-state index contributed by atoms with van der Waals surface area (Å²) in [4.78, 5) is 29.5. The van der Waals surface area contributed by atoms with Crippen LogP contribution >= 0.6 is 0 Å². The highest BCUT2D eigenvalue weighted by molar-refractivity contribution is 5.83. The highest BCUT2D eigenvalue weighted by atomic mass is 16.2. The fourth-order valence-corrected chi connectivity index (χ4v) is 5.36. The van der Waals surface area contributed by atoms with Gasteiger partial charge in [0, 0.05) is 32.1 Å². The van der Waals surface area contributed by atoms with Crippen LogP contribution in [0.3, 0.4) is 0 Å². The first-order valence-corrected chi connectivity index (χ1v) is 9.30. The summed E-state index contributed by atoms with van der Waals surface area (Å²) in [6.45, 7) is 3.41. The monoisotopic (exact) mass is 304 g/mol. The van der Waals surface area contributed by atoms with Crippen molar-refractivity contribution in [3.05, 3.63) is 0 Å². The number of hydrogen-bond donors (Lipinski definition) is 0. The molecule has 2 aliphatic heterocycles. The number of rotatable bonds is 2. The lowest BCUT2D eigenvalue weighted by Crippen LogP contribution is -2.48. The van der Waals surface area contributed by atoms with Gasteiger partial charge in [0.05, 0.1) is 5.92 Å². The average molecular weight is 304 g/mol. The van der Waals surface area contributed by atoms with Crippen LogP contribution in [0.25, 0.3) is 0 Å². The molecular formula is C18H28N2O2. The molecule has 4 nitrogen and oxygen atoms in total. The SMILES string of the molecule is O=C([C@H]1CCCN(C(=O)[C@@H]2C[C@H]3CC[C@H]2C3)C1)N1CCCC1. The molecule has 2 heterocycles. The maximum absolute atomic E-state index is 12.9. The third-order valence-corrected chi connectivity index (χ3v) is 6.56. The van der Waals surface area contributed by atoms with Crippen molar-refractivity contribution >= 4 is 11.8 Å². The van der Waals surface area contributed by atoms with E-state index in [2.05, 4.69) is 0 Å². The molecule has 0 aromatic carbocycles. The first kappa shape index (κ1) is 14.5. The highest BCUT2D eigenvalue weighted by Crippen LogP contribution is 2.49. The minimum absolute atomic E-state index is 0.0643. The van der Waals surface area contributed by atoms with E-state index in [1.54, 1.807) is 0 Å². The number of fused-ring (bicyclic) bond motifs is 2. The summed E-state index contributed by atoms with van der Waals surface area (Å²) in [5.41, 5.74) is 0. The van der Waals surface area contributed by atoms with Gasteiger partial charge in [0.1, 0.15) is 0 Å². The van der Waals surface area contributed by atoms with Crippen LogP contribution in [0.5, 0.6) is 0 Å². The molecule has 0 radical (unpaired) electrons. The summed E-state index contributed by atoms with van der Waals surface area (Å²) in [5.74, 6) is 2.47. The van der Waals surface area contributed by atoms with Gasteiger partial charge in [-0.1, -0.05) is 6.42 Å². The van der Waals surface area contributed by atoms with Crippen LogP contribution < -0.4 is 0 Å². The number of carbonyl (C=O) groups excluding carboxylic acids is 2. The summed E-state index contributed by atoms with van der Waals surface area (Å²) in [6.07, 6.45) is 9.24. The molecule has 2 bridgehead atoms. The molecule has 0 spiro atoms. The lowest BCUT2D eigenvalue weighted by molar-refractivity contribution is -0.143. The quantitative estimate of drug-likeness (QED) is 0.785. The predicted molar refractivity (Wildman–Crippen MR) is 84.1 cm³/mol. The molecule has 4 atom stereocenters. The molecule has 0 unspecified atom stereocenters. The van der Waals surface area contributed by atoms with Crippen LogP contribution in [0.15, 0.2) is 0 Å². The molecule has 0 aromatic rings. The molecule has 0 aromatic heterocycles. The van der Waals surface area contributed by atoms with Gasteiger partial charge in [-0.25, -0.2) is 0 Å². The van der Waals surface area contributed by atoms with Gasteiger partial charge in [-0.05, 0) is 56.8 Å². The molecular weight excluding hydrogens is 276 g/mol. The van der Waals surface area contributed by atoms with Crippen LogP contribution in [0.2, 0.25) is 0 Å². The Hall–Kier alpha value is -1.06. The second-order valence-corrected chi connectivity index (χ2v) is 7.94. The Morgan fingerprint density at radius 1 is 0.773 bits per heavy atom. The van der Waals surface area contributed by atoms with Gasteiger partial charge in [-0.2, -0.15) is 0 Å². The number of likely N-dealkylation sites (tertiary alicyclic amines) is 2. The van der Waals surface area contributed by atoms with Crippen molar-refractivity contribution in [2.45, 2.75) is 51.4 Å². The average Bonchev–Trinajstić information content (AvgIpc) is 3.30. The van der Waals surface area contributed by atoms with Gasteiger partial charge in [-0.3, -0.25) is 9.59 Å². The summed E-state index contributed by atoms with van der Waals surface area (Å²) in [5, 5.41) is 0. The summed E-state index contributed by atoms with van der Waals surface area (Å²) < 4.78 is 0. The molecule has 2 saturated heterocycles. The lowest BCUT2D eigenvalue weighted by atomic mass is 9.86. The van der Waals surface area contributed by atoms with Crippen molar-refractivity contribution in [1.29, 1.82) is 0 Å². The molecule has 122 valence electrons. The van der Waals surface area contributed by atoms with E-state index < -0.39 is 0 Å². The maximum Gasteiger partial charge on any atom is 0.227 e. The van der Waals surface area contributed by atoms with Crippen molar-refractivity contribution in [2.75, 3.05) is 26.2 Å². The molecule has 2 aliphatic carbocycles. The van der Waals surface area contributed by atoms with E-state index >= 15 is 0 Å². The van der Waals surface area contributed by atoms with Crippen molar-refractivity contribution in [2.24, 2.45) is 23.7 Å². The second-order valence-electron chi connectivity index (χ2n) is 7.94. The molecule has 22 heavy (non-hydrogen) atoms. The van der Waals surface area contributed by atoms with Gasteiger partial charge in [0.15, 0.2) is 0 Å². The van der Waals surface area contributed by atoms with E-state index in [1.165, 1.54) is 19.3 Å². The molecule has 4 rings (SSSR count). The van der Waals surface area contributed by atoms with Gasteiger partial charge in [0.2, 0.25) is 11.8 Å². The third-order valence-electron chi connectivity index (χ3n) is 6.56. The standard InChI is InChI=1S/C18H28N2O2/c21-17(19-7-1-2-8-19)15-4-3-9-20(12-15)18(22)16-11-13-5-6-14(16)10-13/h13-16H,1-12H2/t13-,14-,15-,16+/m0/s1. The van der Waals surface area contributed by atoms with E-state index in [9.17, 15) is 9.59 Å². The topological polar surface area (TPSA) is 40.6 Å². The van der Waals surface area contributed by atoms with Crippen molar-refractivity contribution < 1.29 is 9.59 Å². The number of nitrogens with zero attached hydrogens (tertiary/aromatic N) is 2. The number of carbonyl (C=O) groups is 2. The van der Waals surface area contributed by atoms with Crippen LogP contribution in [-0.2, 0) is 9.59 Å². The van der Waals surface area contributed by atoms with Crippen LogP contribution in [0.1, 0.15) is 51.4 Å². The third kappa shape index (κ3) is 2.55. The van der Waals surface area contributed by atoms with Gasteiger partial charge in [-0.15, -0.1) is 0 Å². The number of hydrogen-bond acceptors (Lipinski definition) is 2. The van der Waals surface area contributed by atoms with Crippen LogP contribution in [-0.4, -0.2) is 47.8 Å². The zero-order chi connectivity index (χ0) is 15.1. The normalized spacial score (nSPS) is 37.8. The fraction of sp³-hybridized carbons (Fsp3) is 0.889. The number of piperidine rings is 1. The minimum atomic E-state index is 0.0643. The minimum Gasteiger partial charge on any atom is -0.342 e. The largest absolute Gasteiger partial charge is 0.342 e. The van der Waals surface area contributed by atoms with Crippen molar-refractivity contribution in [1.82, 2.24) is 9.80 Å². The maximum atomic E-state index is 12.9.